The van der Waals surface area contributed by atoms with Gasteiger partial charge in [0.05, 0.1) is 22.3 Å². The van der Waals surface area contributed by atoms with E-state index in [4.69, 9.17) is 18.9 Å². The lowest BCUT2D eigenvalue weighted by Gasteiger charge is -2.38. The van der Waals surface area contributed by atoms with Crippen molar-refractivity contribution in [3.63, 3.8) is 0 Å². The molecule has 5 aromatic rings. The number of esters is 3. The molecule has 0 aliphatic carbocycles. The highest BCUT2D eigenvalue weighted by atomic mass is 16.6. The number of fused-ring (bicyclic) bond motifs is 10. The summed E-state index contributed by atoms with van der Waals surface area (Å²) in [6.45, 7) is 2.57. The Hall–Kier alpha value is -5.70. The zero-order valence-electron chi connectivity index (χ0n) is 22.2. The van der Waals surface area contributed by atoms with Crippen molar-refractivity contribution in [1.82, 2.24) is 0 Å². The number of rotatable bonds is 3. The lowest BCUT2D eigenvalue weighted by molar-refractivity contribution is -0.132. The number of carbonyl (C=O) groups is 4. The molecule has 1 N–H and O–H groups in total. The second-order valence-corrected chi connectivity index (χ2v) is 10.0. The van der Waals surface area contributed by atoms with Crippen LogP contribution in [-0.4, -0.2) is 29.0 Å². The molecule has 0 bridgehead atoms. The quantitative estimate of drug-likeness (QED) is 0.205. The summed E-state index contributed by atoms with van der Waals surface area (Å²) >= 11 is 0. The zero-order chi connectivity index (χ0) is 29.3. The van der Waals surface area contributed by atoms with Crippen LogP contribution in [0.15, 0.2) is 78.9 Å². The number of hydrogen-bond acceptors (Lipinski definition) is 8. The fraction of sp³-hybridized carbons (Fsp3) is 0.0909. The molecule has 7 rings (SSSR count). The molecule has 1 spiro atoms. The summed E-state index contributed by atoms with van der Waals surface area (Å²) < 4.78 is 23.9. The number of carbonyl (C=O) groups excluding carboxylic acids is 3. The number of aromatic carboxylic acids is 1. The van der Waals surface area contributed by atoms with Crippen molar-refractivity contribution in [3.05, 3.63) is 107 Å². The number of benzene rings is 5. The second-order valence-electron chi connectivity index (χ2n) is 10.0. The zero-order valence-corrected chi connectivity index (χ0v) is 22.2. The van der Waals surface area contributed by atoms with Crippen LogP contribution in [-0.2, 0) is 19.9 Å². The van der Waals surface area contributed by atoms with E-state index >= 15 is 0 Å². The molecule has 0 saturated carbocycles. The highest BCUT2D eigenvalue weighted by molar-refractivity contribution is 6.06. The average molecular weight is 561 g/mol. The summed E-state index contributed by atoms with van der Waals surface area (Å²) in [4.78, 5) is 49.8. The number of ether oxygens (including phenoxy) is 4. The van der Waals surface area contributed by atoms with Gasteiger partial charge in [0.1, 0.15) is 23.0 Å². The lowest BCUT2D eigenvalue weighted by atomic mass is 9.73. The van der Waals surface area contributed by atoms with E-state index in [0.29, 0.717) is 38.2 Å². The molecule has 5 aromatic carbocycles. The van der Waals surface area contributed by atoms with Gasteiger partial charge in [0.2, 0.25) is 0 Å². The average Bonchev–Trinajstić information content (AvgIpc) is 3.23. The first-order chi connectivity index (χ1) is 20.2. The molecule has 0 saturated heterocycles. The molecule has 0 unspecified atom stereocenters. The normalized spacial score (nSPS) is 14.0. The molecule has 2 heterocycles. The van der Waals surface area contributed by atoms with Crippen LogP contribution in [0.4, 0.5) is 0 Å². The van der Waals surface area contributed by atoms with Gasteiger partial charge in [-0.05, 0) is 29.0 Å². The Balaban J connectivity index is 1.69. The smallest absolute Gasteiger partial charge is 0.340 e. The van der Waals surface area contributed by atoms with E-state index in [1.165, 1.54) is 44.2 Å². The maximum atomic E-state index is 13.6. The summed E-state index contributed by atoms with van der Waals surface area (Å²) in [5, 5.41) is 12.1. The molecule has 0 fully saturated rings. The second kappa shape index (κ2) is 8.90. The minimum Gasteiger partial charge on any atom is -0.478 e. The molecule has 0 aromatic heterocycles. The van der Waals surface area contributed by atoms with Gasteiger partial charge < -0.3 is 24.1 Å². The Bertz CT molecular complexity index is 1950. The van der Waals surface area contributed by atoms with Crippen molar-refractivity contribution >= 4 is 45.4 Å². The van der Waals surface area contributed by atoms with Crippen molar-refractivity contribution in [2.24, 2.45) is 0 Å². The third-order valence-electron chi connectivity index (χ3n) is 7.48. The van der Waals surface area contributed by atoms with Gasteiger partial charge in [0.25, 0.3) is 0 Å². The Morgan fingerprint density at radius 2 is 1.21 bits per heavy atom. The minimum absolute atomic E-state index is 0.0392. The number of carboxylic acid groups (broad SMARTS) is 1. The molecule has 2 aliphatic rings. The lowest BCUT2D eigenvalue weighted by Crippen LogP contribution is -2.34. The monoisotopic (exact) mass is 560 g/mol. The predicted octanol–water partition coefficient (Wildman–Crippen LogP) is 6.11. The Kier molecular flexibility index (Phi) is 5.36. The largest absolute Gasteiger partial charge is 0.478 e. The van der Waals surface area contributed by atoms with E-state index in [9.17, 15) is 24.3 Å². The third kappa shape index (κ3) is 3.50. The fourth-order valence-electron chi connectivity index (χ4n) is 6.01. The topological polar surface area (TPSA) is 125 Å². The molecule has 42 heavy (non-hydrogen) atoms. The Labute approximate surface area is 237 Å². The van der Waals surface area contributed by atoms with Crippen LogP contribution in [0, 0.1) is 0 Å². The van der Waals surface area contributed by atoms with Gasteiger partial charge in [0, 0.05) is 42.3 Å². The first-order valence-electron chi connectivity index (χ1n) is 13.0. The van der Waals surface area contributed by atoms with Crippen LogP contribution in [0.5, 0.6) is 23.0 Å². The standard InChI is InChI=1S/C33H20O9/c1-16(34)39-25-14-27-29(21-9-5-3-7-19(21)25)33(24-13-18(31(36)37)11-12-23(24)32(38)42-33)30-22-10-6-4-8-20(22)26(40-17(2)35)15-28(30)41-27/h3-15H,1-2H3,(H,36,37). The van der Waals surface area contributed by atoms with Gasteiger partial charge >= 0.3 is 23.9 Å². The number of carboxylic acids is 1. The maximum Gasteiger partial charge on any atom is 0.340 e. The fourth-order valence-corrected chi connectivity index (χ4v) is 6.01. The SMILES string of the molecule is CC(=O)Oc1cc2c(c3ccccc13)C1(OC(=O)c3ccc(C(=O)O)cc31)c1c(cc(OC(C)=O)c3ccccc13)O2. The van der Waals surface area contributed by atoms with Crippen LogP contribution in [0.2, 0.25) is 0 Å². The van der Waals surface area contributed by atoms with Gasteiger partial charge in [-0.2, -0.15) is 0 Å². The molecule has 2 aliphatic heterocycles. The van der Waals surface area contributed by atoms with E-state index in [2.05, 4.69) is 0 Å². The van der Waals surface area contributed by atoms with Crippen LogP contribution >= 0.6 is 0 Å². The third-order valence-corrected chi connectivity index (χ3v) is 7.48. The van der Waals surface area contributed by atoms with E-state index in [1.54, 1.807) is 48.5 Å². The van der Waals surface area contributed by atoms with Crippen LogP contribution in [0.3, 0.4) is 0 Å². The van der Waals surface area contributed by atoms with Crippen LogP contribution in [0.25, 0.3) is 21.5 Å². The van der Waals surface area contributed by atoms with Gasteiger partial charge in [0.15, 0.2) is 5.60 Å². The highest BCUT2D eigenvalue weighted by Gasteiger charge is 2.56. The van der Waals surface area contributed by atoms with Crippen LogP contribution < -0.4 is 14.2 Å². The molecule has 0 radical (unpaired) electrons. The first kappa shape index (κ1) is 25.3. The predicted molar refractivity (Wildman–Crippen MR) is 149 cm³/mol. The Morgan fingerprint density at radius 1 is 0.714 bits per heavy atom. The summed E-state index contributed by atoms with van der Waals surface area (Å²) in [6, 6.07) is 21.6. The van der Waals surface area contributed by atoms with E-state index in [1.807, 2.05) is 0 Å². The first-order valence-corrected chi connectivity index (χ1v) is 13.0. The van der Waals surface area contributed by atoms with Gasteiger partial charge in [-0.25, -0.2) is 9.59 Å². The molecular formula is C33H20O9. The van der Waals surface area contributed by atoms with Crippen molar-refractivity contribution in [2.75, 3.05) is 0 Å². The highest BCUT2D eigenvalue weighted by Crippen LogP contribution is 2.61. The number of hydrogen-bond donors (Lipinski definition) is 1. The van der Waals surface area contributed by atoms with E-state index < -0.39 is 29.5 Å². The maximum absolute atomic E-state index is 13.6. The van der Waals surface area contributed by atoms with Gasteiger partial charge in [-0.15, -0.1) is 0 Å². The summed E-state index contributed by atoms with van der Waals surface area (Å²) in [6.07, 6.45) is 0. The van der Waals surface area contributed by atoms with Gasteiger partial charge in [-0.3, -0.25) is 9.59 Å². The molecule has 9 heteroatoms. The summed E-state index contributed by atoms with van der Waals surface area (Å²) in [7, 11) is 0. The summed E-state index contributed by atoms with van der Waals surface area (Å²) in [5.41, 5.74) is -0.344. The van der Waals surface area contributed by atoms with E-state index in [-0.39, 0.29) is 34.1 Å². The molecular weight excluding hydrogens is 540 g/mol. The Morgan fingerprint density at radius 3 is 1.69 bits per heavy atom. The summed E-state index contributed by atoms with van der Waals surface area (Å²) in [5.74, 6) is -2.05. The molecule has 0 atom stereocenters. The molecule has 9 nitrogen and oxygen atoms in total. The molecule has 0 amide bonds. The van der Waals surface area contributed by atoms with Crippen LogP contribution in [0.1, 0.15) is 51.3 Å². The van der Waals surface area contributed by atoms with Crippen molar-refractivity contribution < 1.29 is 43.2 Å². The van der Waals surface area contributed by atoms with Gasteiger partial charge in [-0.1, -0.05) is 48.5 Å². The minimum atomic E-state index is -1.68. The van der Waals surface area contributed by atoms with Crippen molar-refractivity contribution in [3.8, 4) is 23.0 Å². The van der Waals surface area contributed by atoms with Crippen molar-refractivity contribution in [1.29, 1.82) is 0 Å². The molecule has 206 valence electrons. The van der Waals surface area contributed by atoms with Crippen molar-refractivity contribution in [2.45, 2.75) is 19.4 Å². The van der Waals surface area contributed by atoms with E-state index in [0.717, 1.165) is 0 Å².